The number of methoxy groups -OCH3 is 1. The fourth-order valence-corrected chi connectivity index (χ4v) is 3.85. The summed E-state index contributed by atoms with van der Waals surface area (Å²) in [5, 5.41) is 3.05. The van der Waals surface area contributed by atoms with Crippen molar-refractivity contribution in [2.24, 2.45) is 0 Å². The summed E-state index contributed by atoms with van der Waals surface area (Å²) in [5.41, 5.74) is 0.482. The fourth-order valence-electron chi connectivity index (χ4n) is 2.84. The van der Waals surface area contributed by atoms with Crippen LogP contribution in [0, 0.1) is 0 Å². The molecule has 0 aromatic heterocycles. The Kier molecular flexibility index (Phi) is 7.20. The molecule has 0 spiro atoms. The summed E-state index contributed by atoms with van der Waals surface area (Å²) in [4.78, 5) is 12.4. The van der Waals surface area contributed by atoms with Crippen molar-refractivity contribution >= 4 is 15.9 Å². The van der Waals surface area contributed by atoms with Gasteiger partial charge in [-0.3, -0.25) is 4.79 Å². The SMILES string of the molecule is COCCNS(=O)(=O)c1ccc(C(=O)NC2CCCCCC2)cc1. The lowest BCUT2D eigenvalue weighted by atomic mass is 10.1. The molecule has 0 radical (unpaired) electrons. The standard InChI is InChI=1S/C17H26N2O4S/c1-23-13-12-18-24(21,22)16-10-8-14(9-11-16)17(20)19-15-6-4-2-3-5-7-15/h8-11,15,18H,2-7,12-13H2,1H3,(H,19,20). The maximum atomic E-state index is 12.3. The highest BCUT2D eigenvalue weighted by atomic mass is 32.2. The van der Waals surface area contributed by atoms with E-state index in [0.29, 0.717) is 12.2 Å². The maximum absolute atomic E-state index is 12.3. The summed E-state index contributed by atoms with van der Waals surface area (Å²) in [6, 6.07) is 6.24. The first-order chi connectivity index (χ1) is 11.5. The van der Waals surface area contributed by atoms with E-state index < -0.39 is 10.0 Å². The summed E-state index contributed by atoms with van der Waals surface area (Å²) >= 11 is 0. The summed E-state index contributed by atoms with van der Waals surface area (Å²) in [6.45, 7) is 0.518. The Morgan fingerprint density at radius 2 is 1.75 bits per heavy atom. The van der Waals surface area contributed by atoms with Gasteiger partial charge in [-0.15, -0.1) is 0 Å². The second-order valence-electron chi connectivity index (χ2n) is 6.08. The molecule has 0 heterocycles. The van der Waals surface area contributed by atoms with Gasteiger partial charge in [-0.25, -0.2) is 13.1 Å². The number of sulfonamides is 1. The van der Waals surface area contributed by atoms with E-state index in [0.717, 1.165) is 25.7 Å². The quantitative estimate of drug-likeness (QED) is 0.580. The number of nitrogens with one attached hydrogen (secondary N) is 2. The number of benzene rings is 1. The predicted octanol–water partition coefficient (Wildman–Crippen LogP) is 2.06. The van der Waals surface area contributed by atoms with Crippen molar-refractivity contribution in [3.8, 4) is 0 Å². The van der Waals surface area contributed by atoms with Gasteiger partial charge >= 0.3 is 0 Å². The molecule has 1 fully saturated rings. The lowest BCUT2D eigenvalue weighted by Gasteiger charge is -2.16. The summed E-state index contributed by atoms with van der Waals surface area (Å²) < 4.78 is 31.4. The molecule has 0 unspecified atom stereocenters. The number of carbonyl (C=O) groups is 1. The van der Waals surface area contributed by atoms with Gasteiger partial charge in [0.15, 0.2) is 0 Å². The highest BCUT2D eigenvalue weighted by Crippen LogP contribution is 2.18. The first-order valence-electron chi connectivity index (χ1n) is 8.42. The number of rotatable bonds is 7. The van der Waals surface area contributed by atoms with Gasteiger partial charge in [0.1, 0.15) is 0 Å². The maximum Gasteiger partial charge on any atom is 0.251 e. The van der Waals surface area contributed by atoms with E-state index in [2.05, 4.69) is 10.0 Å². The molecule has 0 saturated heterocycles. The molecule has 2 N–H and O–H groups in total. The van der Waals surface area contributed by atoms with Crippen LogP contribution in [-0.4, -0.2) is 40.6 Å². The van der Waals surface area contributed by atoms with Crippen LogP contribution in [0.5, 0.6) is 0 Å². The van der Waals surface area contributed by atoms with E-state index in [4.69, 9.17) is 4.74 Å². The minimum atomic E-state index is -3.57. The fraction of sp³-hybridized carbons (Fsp3) is 0.588. The molecule has 0 atom stereocenters. The Hall–Kier alpha value is -1.44. The molecule has 1 aliphatic carbocycles. The van der Waals surface area contributed by atoms with Crippen LogP contribution in [-0.2, 0) is 14.8 Å². The van der Waals surface area contributed by atoms with Crippen molar-refractivity contribution in [3.63, 3.8) is 0 Å². The molecule has 134 valence electrons. The molecular weight excluding hydrogens is 328 g/mol. The van der Waals surface area contributed by atoms with Crippen LogP contribution in [0.25, 0.3) is 0 Å². The van der Waals surface area contributed by atoms with Gasteiger partial charge in [0.25, 0.3) is 5.91 Å². The van der Waals surface area contributed by atoms with Crippen LogP contribution >= 0.6 is 0 Å². The molecule has 1 aliphatic rings. The van der Waals surface area contributed by atoms with E-state index in [1.165, 1.54) is 32.1 Å². The van der Waals surface area contributed by atoms with Crippen molar-refractivity contribution in [2.75, 3.05) is 20.3 Å². The third kappa shape index (κ3) is 5.58. The van der Waals surface area contributed by atoms with Crippen molar-refractivity contribution < 1.29 is 17.9 Å². The number of hydrogen-bond donors (Lipinski definition) is 2. The minimum absolute atomic E-state index is 0.141. The van der Waals surface area contributed by atoms with Crippen molar-refractivity contribution in [3.05, 3.63) is 29.8 Å². The van der Waals surface area contributed by atoms with Gasteiger partial charge in [-0.2, -0.15) is 0 Å². The Morgan fingerprint density at radius 3 is 2.33 bits per heavy atom. The van der Waals surface area contributed by atoms with Gasteiger partial charge in [-0.05, 0) is 37.1 Å². The minimum Gasteiger partial charge on any atom is -0.383 e. The Morgan fingerprint density at radius 1 is 1.12 bits per heavy atom. The molecule has 0 bridgehead atoms. The zero-order valence-corrected chi connectivity index (χ0v) is 14.9. The lowest BCUT2D eigenvalue weighted by molar-refractivity contribution is 0.0933. The largest absolute Gasteiger partial charge is 0.383 e. The molecule has 1 saturated carbocycles. The van der Waals surface area contributed by atoms with E-state index in [1.54, 1.807) is 12.1 Å². The van der Waals surface area contributed by atoms with E-state index in [9.17, 15) is 13.2 Å². The van der Waals surface area contributed by atoms with Crippen LogP contribution in [0.3, 0.4) is 0 Å². The van der Waals surface area contributed by atoms with Gasteiger partial charge < -0.3 is 10.1 Å². The van der Waals surface area contributed by atoms with Crippen molar-refractivity contribution in [1.82, 2.24) is 10.0 Å². The zero-order valence-electron chi connectivity index (χ0n) is 14.1. The molecule has 0 aliphatic heterocycles. The van der Waals surface area contributed by atoms with E-state index >= 15 is 0 Å². The molecular formula is C17H26N2O4S. The normalized spacial score (nSPS) is 16.5. The predicted molar refractivity (Wildman–Crippen MR) is 92.5 cm³/mol. The topological polar surface area (TPSA) is 84.5 Å². The summed E-state index contributed by atoms with van der Waals surface area (Å²) in [7, 11) is -2.06. The molecule has 1 aromatic rings. The number of carbonyl (C=O) groups excluding carboxylic acids is 1. The molecule has 1 amide bonds. The molecule has 24 heavy (non-hydrogen) atoms. The second kappa shape index (κ2) is 9.15. The van der Waals surface area contributed by atoms with Crippen molar-refractivity contribution in [2.45, 2.75) is 49.5 Å². The van der Waals surface area contributed by atoms with Crippen LogP contribution in [0.2, 0.25) is 0 Å². The van der Waals surface area contributed by atoms with Crippen LogP contribution < -0.4 is 10.0 Å². The average molecular weight is 354 g/mol. The smallest absolute Gasteiger partial charge is 0.251 e. The van der Waals surface area contributed by atoms with E-state index in [-0.39, 0.29) is 23.4 Å². The number of ether oxygens (including phenoxy) is 1. The van der Waals surface area contributed by atoms with Crippen LogP contribution in [0.1, 0.15) is 48.9 Å². The average Bonchev–Trinajstić information content (AvgIpc) is 2.84. The highest BCUT2D eigenvalue weighted by molar-refractivity contribution is 7.89. The lowest BCUT2D eigenvalue weighted by Crippen LogP contribution is -2.34. The van der Waals surface area contributed by atoms with E-state index in [1.807, 2.05) is 0 Å². The van der Waals surface area contributed by atoms with Gasteiger partial charge in [0.2, 0.25) is 10.0 Å². The molecule has 2 rings (SSSR count). The second-order valence-corrected chi connectivity index (χ2v) is 7.84. The number of amides is 1. The molecule has 1 aromatic carbocycles. The Labute approximate surface area is 144 Å². The van der Waals surface area contributed by atoms with Gasteiger partial charge in [0.05, 0.1) is 11.5 Å². The summed E-state index contributed by atoms with van der Waals surface area (Å²) in [5.74, 6) is -0.141. The Balaban J connectivity index is 1.96. The summed E-state index contributed by atoms with van der Waals surface area (Å²) in [6.07, 6.45) is 6.79. The first kappa shape index (κ1) is 18.9. The van der Waals surface area contributed by atoms with Gasteiger partial charge in [-0.1, -0.05) is 25.7 Å². The Bertz CT molecular complexity index is 620. The monoisotopic (exact) mass is 354 g/mol. The van der Waals surface area contributed by atoms with Gasteiger partial charge in [0, 0.05) is 25.3 Å². The van der Waals surface area contributed by atoms with Crippen LogP contribution in [0.15, 0.2) is 29.2 Å². The molecule has 7 heteroatoms. The highest BCUT2D eigenvalue weighted by Gasteiger charge is 2.17. The number of hydrogen-bond acceptors (Lipinski definition) is 4. The molecule has 6 nitrogen and oxygen atoms in total. The third-order valence-corrected chi connectivity index (χ3v) is 5.69. The first-order valence-corrected chi connectivity index (χ1v) is 9.91. The van der Waals surface area contributed by atoms with Crippen LogP contribution in [0.4, 0.5) is 0 Å². The van der Waals surface area contributed by atoms with Crippen molar-refractivity contribution in [1.29, 1.82) is 0 Å². The zero-order chi connectivity index (χ0) is 17.4. The third-order valence-electron chi connectivity index (χ3n) is 4.22.